The fraction of sp³-hybridized carbons (Fsp3) is 0.320. The van der Waals surface area contributed by atoms with Crippen molar-refractivity contribution in [1.82, 2.24) is 14.9 Å². The molecule has 2 aliphatic heterocycles. The van der Waals surface area contributed by atoms with Crippen molar-refractivity contribution in [3.05, 3.63) is 66.6 Å². The summed E-state index contributed by atoms with van der Waals surface area (Å²) >= 11 is 0. The van der Waals surface area contributed by atoms with Gasteiger partial charge in [0.25, 0.3) is 0 Å². The molecule has 2 fully saturated rings. The summed E-state index contributed by atoms with van der Waals surface area (Å²) in [4.78, 5) is 27.8. The maximum Gasteiger partial charge on any atom is 0.321 e. The Hall–Kier alpha value is -3.92. The van der Waals surface area contributed by atoms with Crippen molar-refractivity contribution in [2.75, 3.05) is 72.9 Å². The third-order valence-electron chi connectivity index (χ3n) is 6.13. The minimum absolute atomic E-state index is 0.193. The smallest absolute Gasteiger partial charge is 0.321 e. The van der Waals surface area contributed by atoms with E-state index in [0.717, 1.165) is 37.8 Å². The van der Waals surface area contributed by atoms with Crippen LogP contribution in [0.1, 0.15) is 0 Å². The van der Waals surface area contributed by atoms with Crippen molar-refractivity contribution in [1.29, 1.82) is 0 Å². The molecule has 35 heavy (non-hydrogen) atoms. The molecule has 2 amide bonds. The van der Waals surface area contributed by atoms with Crippen molar-refractivity contribution in [2.24, 2.45) is 0 Å². The molecule has 2 aromatic carbocycles. The number of urea groups is 1. The van der Waals surface area contributed by atoms with Gasteiger partial charge in [0.1, 0.15) is 11.6 Å². The first kappa shape index (κ1) is 22.9. The van der Waals surface area contributed by atoms with E-state index < -0.39 is 0 Å². The summed E-state index contributed by atoms with van der Waals surface area (Å²) < 4.78 is 18.5. The van der Waals surface area contributed by atoms with Crippen LogP contribution in [0.4, 0.5) is 38.0 Å². The second-order valence-electron chi connectivity index (χ2n) is 8.42. The van der Waals surface area contributed by atoms with Crippen LogP contribution in [0.3, 0.4) is 0 Å². The summed E-state index contributed by atoms with van der Waals surface area (Å²) in [5, 5.41) is 6.09. The van der Waals surface area contributed by atoms with Gasteiger partial charge in [-0.1, -0.05) is 0 Å². The highest BCUT2D eigenvalue weighted by Crippen LogP contribution is 2.22. The summed E-state index contributed by atoms with van der Waals surface area (Å²) in [6, 6.07) is 15.7. The van der Waals surface area contributed by atoms with Gasteiger partial charge in [-0.25, -0.2) is 14.2 Å². The van der Waals surface area contributed by atoms with E-state index in [1.807, 2.05) is 18.2 Å². The molecule has 2 N–H and O–H groups in total. The van der Waals surface area contributed by atoms with E-state index in [4.69, 9.17) is 4.74 Å². The Morgan fingerprint density at radius 3 is 2.23 bits per heavy atom. The summed E-state index contributed by atoms with van der Waals surface area (Å²) in [7, 11) is 0. The highest BCUT2D eigenvalue weighted by molar-refractivity contribution is 5.89. The van der Waals surface area contributed by atoms with Gasteiger partial charge in [0.05, 0.1) is 13.2 Å². The number of aromatic nitrogens is 2. The second-order valence-corrected chi connectivity index (χ2v) is 8.42. The van der Waals surface area contributed by atoms with Gasteiger partial charge in [-0.15, -0.1) is 0 Å². The monoisotopic (exact) mass is 477 g/mol. The first-order valence-electron chi connectivity index (χ1n) is 11.7. The number of morpholine rings is 1. The summed E-state index contributed by atoms with van der Waals surface area (Å²) in [6.45, 7) is 5.74. The van der Waals surface area contributed by atoms with Gasteiger partial charge in [0.2, 0.25) is 5.95 Å². The molecular formula is C25H28FN7O2. The van der Waals surface area contributed by atoms with E-state index in [0.29, 0.717) is 37.8 Å². The summed E-state index contributed by atoms with van der Waals surface area (Å²) in [5.41, 5.74) is 2.67. The third kappa shape index (κ3) is 5.78. The molecule has 0 bridgehead atoms. The molecule has 1 aromatic heterocycles. The van der Waals surface area contributed by atoms with Crippen LogP contribution in [0.25, 0.3) is 0 Å². The lowest BCUT2D eigenvalue weighted by atomic mass is 10.2. The number of rotatable bonds is 5. The van der Waals surface area contributed by atoms with Crippen molar-refractivity contribution in [3.8, 4) is 0 Å². The van der Waals surface area contributed by atoms with Crippen LogP contribution in [0.5, 0.6) is 0 Å². The Morgan fingerprint density at radius 1 is 0.829 bits per heavy atom. The van der Waals surface area contributed by atoms with E-state index in [1.54, 1.807) is 23.2 Å². The second kappa shape index (κ2) is 10.6. The average Bonchev–Trinajstić information content (AvgIpc) is 2.91. The number of nitrogens with zero attached hydrogens (tertiary/aromatic N) is 5. The number of halogens is 1. The van der Waals surface area contributed by atoms with E-state index in [1.165, 1.54) is 17.8 Å². The number of hydrogen-bond donors (Lipinski definition) is 2. The molecule has 3 aromatic rings. The number of hydrogen-bond acceptors (Lipinski definition) is 7. The minimum atomic E-state index is -0.333. The molecule has 9 nitrogen and oxygen atoms in total. The van der Waals surface area contributed by atoms with Crippen molar-refractivity contribution in [3.63, 3.8) is 0 Å². The highest BCUT2D eigenvalue weighted by Gasteiger charge is 2.22. The van der Waals surface area contributed by atoms with Crippen LogP contribution in [0, 0.1) is 5.82 Å². The van der Waals surface area contributed by atoms with Crippen LogP contribution < -0.4 is 20.4 Å². The molecule has 5 rings (SSSR count). The minimum Gasteiger partial charge on any atom is -0.378 e. The standard InChI is InChI=1S/C25H28FN7O2/c26-19-1-3-21(4-2-19)29-25(34)33-13-11-32(12-14-33)23-9-10-27-24(30-23)28-20-5-7-22(8-6-20)31-15-17-35-18-16-31/h1-10H,11-18H2,(H,29,34)(H,27,28,30). The number of amides is 2. The molecule has 0 spiro atoms. The zero-order valence-corrected chi connectivity index (χ0v) is 19.4. The lowest BCUT2D eigenvalue weighted by Gasteiger charge is -2.35. The molecular weight excluding hydrogens is 449 g/mol. The third-order valence-corrected chi connectivity index (χ3v) is 6.13. The van der Waals surface area contributed by atoms with E-state index in [2.05, 4.69) is 42.5 Å². The molecule has 3 heterocycles. The number of carbonyl (C=O) groups is 1. The molecule has 2 aliphatic rings. The first-order valence-corrected chi connectivity index (χ1v) is 11.7. The lowest BCUT2D eigenvalue weighted by molar-refractivity contribution is 0.122. The molecule has 0 saturated carbocycles. The fourth-order valence-corrected chi connectivity index (χ4v) is 4.17. The zero-order chi connectivity index (χ0) is 24.0. The van der Waals surface area contributed by atoms with Gasteiger partial charge in [-0.3, -0.25) is 0 Å². The maximum absolute atomic E-state index is 13.1. The van der Waals surface area contributed by atoms with Gasteiger partial charge in [0, 0.05) is 62.5 Å². The molecule has 182 valence electrons. The molecule has 10 heteroatoms. The molecule has 0 aliphatic carbocycles. The van der Waals surface area contributed by atoms with Gasteiger partial charge < -0.3 is 30.1 Å². The van der Waals surface area contributed by atoms with Crippen LogP contribution in [0.2, 0.25) is 0 Å². The maximum atomic E-state index is 13.1. The first-order chi connectivity index (χ1) is 17.1. The number of anilines is 5. The Morgan fingerprint density at radius 2 is 1.51 bits per heavy atom. The molecule has 0 atom stereocenters. The van der Waals surface area contributed by atoms with Crippen molar-refractivity contribution >= 4 is 34.9 Å². The Labute approximate surface area is 203 Å². The normalized spacial score (nSPS) is 16.2. The van der Waals surface area contributed by atoms with Crippen LogP contribution >= 0.6 is 0 Å². The SMILES string of the molecule is O=C(Nc1ccc(F)cc1)N1CCN(c2ccnc(Nc3ccc(N4CCOCC4)cc3)n2)CC1. The van der Waals surface area contributed by atoms with Crippen molar-refractivity contribution in [2.45, 2.75) is 0 Å². The van der Waals surface area contributed by atoms with E-state index in [-0.39, 0.29) is 11.8 Å². The number of ether oxygens (including phenoxy) is 1. The van der Waals surface area contributed by atoms with Gasteiger partial charge >= 0.3 is 6.03 Å². The number of carbonyl (C=O) groups excluding carboxylic acids is 1. The highest BCUT2D eigenvalue weighted by atomic mass is 19.1. The van der Waals surface area contributed by atoms with Gasteiger partial charge in [0.15, 0.2) is 0 Å². The van der Waals surface area contributed by atoms with Crippen molar-refractivity contribution < 1.29 is 13.9 Å². The topological polar surface area (TPSA) is 85.9 Å². The summed E-state index contributed by atoms with van der Waals surface area (Å²) in [5.74, 6) is 1.00. The number of nitrogens with one attached hydrogen (secondary N) is 2. The van der Waals surface area contributed by atoms with Crippen LogP contribution in [-0.4, -0.2) is 73.4 Å². The largest absolute Gasteiger partial charge is 0.378 e. The summed E-state index contributed by atoms with van der Waals surface area (Å²) in [6.07, 6.45) is 1.74. The molecule has 2 saturated heterocycles. The Bertz CT molecular complexity index is 1130. The molecule has 0 radical (unpaired) electrons. The predicted octanol–water partition coefficient (Wildman–Crippen LogP) is 3.55. The molecule has 0 unspecified atom stereocenters. The number of piperazine rings is 1. The van der Waals surface area contributed by atoms with Crippen LogP contribution in [-0.2, 0) is 4.74 Å². The lowest BCUT2D eigenvalue weighted by Crippen LogP contribution is -2.50. The number of benzene rings is 2. The zero-order valence-electron chi connectivity index (χ0n) is 19.4. The van der Waals surface area contributed by atoms with Gasteiger partial charge in [-0.2, -0.15) is 4.98 Å². The predicted molar refractivity (Wildman–Crippen MR) is 134 cm³/mol. The quantitative estimate of drug-likeness (QED) is 0.581. The Kier molecular flexibility index (Phi) is 6.89. The van der Waals surface area contributed by atoms with E-state index >= 15 is 0 Å². The fourth-order valence-electron chi connectivity index (χ4n) is 4.17. The van der Waals surface area contributed by atoms with Gasteiger partial charge in [-0.05, 0) is 54.6 Å². The average molecular weight is 478 g/mol. The van der Waals surface area contributed by atoms with Crippen LogP contribution in [0.15, 0.2) is 60.8 Å². The van der Waals surface area contributed by atoms with E-state index in [9.17, 15) is 9.18 Å². The Balaban J connectivity index is 1.15.